The number of sulfonamides is 1. The third-order valence-electron chi connectivity index (χ3n) is 4.79. The molecule has 0 aliphatic heterocycles. The summed E-state index contributed by atoms with van der Waals surface area (Å²) in [6.07, 6.45) is 3.44. The molecule has 1 fully saturated rings. The number of nitrogens with zero attached hydrogens (tertiary/aromatic N) is 1. The molecule has 1 aliphatic carbocycles. The molecule has 0 atom stereocenters. The molecule has 1 saturated carbocycles. The second-order valence-corrected chi connectivity index (χ2v) is 8.94. The summed E-state index contributed by atoms with van der Waals surface area (Å²) in [6, 6.07) is 7.71. The van der Waals surface area contributed by atoms with E-state index in [-0.39, 0.29) is 38.6 Å². The van der Waals surface area contributed by atoms with Gasteiger partial charge in [0.05, 0.1) is 12.0 Å². The molecule has 0 spiro atoms. The van der Waals surface area contributed by atoms with Crippen molar-refractivity contribution in [3.8, 4) is 5.75 Å². The highest BCUT2D eigenvalue weighted by molar-refractivity contribution is 7.89. The summed E-state index contributed by atoms with van der Waals surface area (Å²) in [5.74, 6) is -0.522. The van der Waals surface area contributed by atoms with Crippen LogP contribution in [0.25, 0.3) is 0 Å². The average molecular weight is 454 g/mol. The van der Waals surface area contributed by atoms with Gasteiger partial charge in [-0.15, -0.1) is 0 Å². The number of methoxy groups -OCH3 is 1. The van der Waals surface area contributed by atoms with Crippen LogP contribution >= 0.6 is 11.6 Å². The lowest BCUT2D eigenvalue weighted by atomic mass is 10.2. The van der Waals surface area contributed by atoms with Gasteiger partial charge in [-0.25, -0.2) is 13.1 Å². The topological polar surface area (TPSA) is 128 Å². The van der Waals surface area contributed by atoms with Crippen molar-refractivity contribution in [1.29, 1.82) is 0 Å². The van der Waals surface area contributed by atoms with Gasteiger partial charge in [0.15, 0.2) is 0 Å². The van der Waals surface area contributed by atoms with Crippen LogP contribution in [0, 0.1) is 10.1 Å². The van der Waals surface area contributed by atoms with E-state index in [0.717, 1.165) is 31.7 Å². The zero-order valence-corrected chi connectivity index (χ0v) is 17.6. The van der Waals surface area contributed by atoms with Crippen molar-refractivity contribution < 1.29 is 22.9 Å². The fourth-order valence-electron chi connectivity index (χ4n) is 3.29. The molecule has 2 N–H and O–H groups in total. The Morgan fingerprint density at radius 2 is 1.90 bits per heavy atom. The molecule has 11 heteroatoms. The van der Waals surface area contributed by atoms with Crippen LogP contribution in [0.5, 0.6) is 5.75 Å². The number of carbonyl (C=O) groups is 1. The smallest absolute Gasteiger partial charge is 0.289 e. The molecule has 9 nitrogen and oxygen atoms in total. The molecule has 3 rings (SSSR count). The normalized spacial score (nSPS) is 14.5. The lowest BCUT2D eigenvalue weighted by Gasteiger charge is -2.16. The number of rotatable bonds is 7. The Bertz CT molecular complexity index is 1080. The minimum Gasteiger partial charge on any atom is -0.495 e. The van der Waals surface area contributed by atoms with Crippen LogP contribution in [-0.4, -0.2) is 32.4 Å². The average Bonchev–Trinajstić information content (AvgIpc) is 3.21. The third kappa shape index (κ3) is 4.89. The standard InChI is InChI=1S/C19H20ClN3O6S/c1-29-17-9-6-12(10-18(17)30(27,28)22-13-4-2-3-5-13)19(24)21-14-7-8-15(20)16(11-14)23(25)26/h6-11,13,22H,2-5H2,1H3,(H,21,24). The van der Waals surface area contributed by atoms with E-state index in [1.54, 1.807) is 0 Å². The number of carbonyl (C=O) groups excluding carboxylic acids is 1. The van der Waals surface area contributed by atoms with Crippen LogP contribution in [-0.2, 0) is 10.0 Å². The monoisotopic (exact) mass is 453 g/mol. The van der Waals surface area contributed by atoms with Gasteiger partial charge in [0.2, 0.25) is 10.0 Å². The highest BCUT2D eigenvalue weighted by Gasteiger charge is 2.26. The van der Waals surface area contributed by atoms with Crippen LogP contribution in [0.1, 0.15) is 36.0 Å². The van der Waals surface area contributed by atoms with E-state index in [1.807, 2.05) is 0 Å². The van der Waals surface area contributed by atoms with E-state index in [1.165, 1.54) is 37.4 Å². The molecule has 1 amide bonds. The molecule has 0 radical (unpaired) electrons. The highest BCUT2D eigenvalue weighted by atomic mass is 35.5. The molecule has 0 unspecified atom stereocenters. The van der Waals surface area contributed by atoms with E-state index >= 15 is 0 Å². The van der Waals surface area contributed by atoms with Crippen molar-refractivity contribution in [2.75, 3.05) is 12.4 Å². The Labute approximate surface area is 178 Å². The van der Waals surface area contributed by atoms with Crippen molar-refractivity contribution in [3.63, 3.8) is 0 Å². The summed E-state index contributed by atoms with van der Waals surface area (Å²) in [6.45, 7) is 0. The maximum absolute atomic E-state index is 12.8. The first kappa shape index (κ1) is 22.0. The number of nitro benzene ring substituents is 1. The summed E-state index contributed by atoms with van der Waals surface area (Å²) in [4.78, 5) is 22.8. The minimum absolute atomic E-state index is 0.0557. The highest BCUT2D eigenvalue weighted by Crippen LogP contribution is 2.29. The van der Waals surface area contributed by atoms with E-state index in [0.29, 0.717) is 0 Å². The Morgan fingerprint density at radius 3 is 2.53 bits per heavy atom. The molecule has 0 bridgehead atoms. The zero-order chi connectivity index (χ0) is 21.9. The maximum atomic E-state index is 12.8. The van der Waals surface area contributed by atoms with Crippen LogP contribution < -0.4 is 14.8 Å². The number of halogens is 1. The second-order valence-electron chi connectivity index (χ2n) is 6.85. The first-order valence-corrected chi connectivity index (χ1v) is 11.0. The van der Waals surface area contributed by atoms with E-state index in [4.69, 9.17) is 16.3 Å². The van der Waals surface area contributed by atoms with Crippen LogP contribution in [0.2, 0.25) is 5.02 Å². The maximum Gasteiger partial charge on any atom is 0.289 e. The Balaban J connectivity index is 1.87. The van der Waals surface area contributed by atoms with Gasteiger partial charge in [0.1, 0.15) is 15.7 Å². The predicted octanol–water partition coefficient (Wildman–Crippen LogP) is 3.73. The molecule has 1 aliphatic rings. The molecule has 0 heterocycles. The molecule has 160 valence electrons. The lowest BCUT2D eigenvalue weighted by molar-refractivity contribution is -0.384. The van der Waals surface area contributed by atoms with Gasteiger partial charge in [-0.2, -0.15) is 0 Å². The molecule has 30 heavy (non-hydrogen) atoms. The molecule has 2 aromatic carbocycles. The second kappa shape index (κ2) is 8.99. The Hall–Kier alpha value is -2.69. The number of anilines is 1. The predicted molar refractivity (Wildman–Crippen MR) is 112 cm³/mol. The van der Waals surface area contributed by atoms with Crippen LogP contribution in [0.4, 0.5) is 11.4 Å². The third-order valence-corrected chi connectivity index (χ3v) is 6.65. The van der Waals surface area contributed by atoms with E-state index in [2.05, 4.69) is 10.0 Å². The Kier molecular flexibility index (Phi) is 6.59. The zero-order valence-electron chi connectivity index (χ0n) is 16.1. The van der Waals surface area contributed by atoms with E-state index in [9.17, 15) is 23.3 Å². The number of hydrogen-bond acceptors (Lipinski definition) is 6. The number of hydrogen-bond donors (Lipinski definition) is 2. The van der Waals surface area contributed by atoms with Gasteiger partial charge in [-0.05, 0) is 43.2 Å². The molecular weight excluding hydrogens is 434 g/mol. The van der Waals surface area contributed by atoms with Gasteiger partial charge < -0.3 is 10.1 Å². The molecule has 0 aromatic heterocycles. The van der Waals surface area contributed by atoms with Gasteiger partial charge in [0, 0.05) is 23.4 Å². The van der Waals surface area contributed by atoms with Gasteiger partial charge >= 0.3 is 0 Å². The fraction of sp³-hybridized carbons (Fsp3) is 0.316. The lowest BCUT2D eigenvalue weighted by Crippen LogP contribution is -2.33. The number of nitrogens with one attached hydrogen (secondary N) is 2. The molecule has 0 saturated heterocycles. The summed E-state index contributed by atoms with van der Waals surface area (Å²) < 4.78 is 33.5. The van der Waals surface area contributed by atoms with Crippen LogP contribution in [0.3, 0.4) is 0 Å². The fourth-order valence-corrected chi connectivity index (χ4v) is 4.97. The summed E-state index contributed by atoms with van der Waals surface area (Å²) >= 11 is 5.78. The molecular formula is C19H20ClN3O6S. The van der Waals surface area contributed by atoms with Crippen LogP contribution in [0.15, 0.2) is 41.3 Å². The van der Waals surface area contributed by atoms with Crippen molar-refractivity contribution in [1.82, 2.24) is 4.72 Å². The summed E-state index contributed by atoms with van der Waals surface area (Å²) in [5, 5.41) is 13.5. The first-order chi connectivity index (χ1) is 14.2. The van der Waals surface area contributed by atoms with Crippen molar-refractivity contribution in [2.24, 2.45) is 0 Å². The summed E-state index contributed by atoms with van der Waals surface area (Å²) in [5.41, 5.74) is -0.145. The summed E-state index contributed by atoms with van der Waals surface area (Å²) in [7, 11) is -2.56. The minimum atomic E-state index is -3.90. The molecule has 2 aromatic rings. The first-order valence-electron chi connectivity index (χ1n) is 9.17. The van der Waals surface area contributed by atoms with Crippen molar-refractivity contribution >= 4 is 38.9 Å². The van der Waals surface area contributed by atoms with Gasteiger partial charge in [-0.1, -0.05) is 24.4 Å². The van der Waals surface area contributed by atoms with Crippen molar-refractivity contribution in [2.45, 2.75) is 36.6 Å². The van der Waals surface area contributed by atoms with Gasteiger partial charge in [-0.3, -0.25) is 14.9 Å². The quantitative estimate of drug-likeness (QED) is 0.485. The number of ether oxygens (including phenoxy) is 1. The van der Waals surface area contributed by atoms with Crippen molar-refractivity contribution in [3.05, 3.63) is 57.1 Å². The number of benzene rings is 2. The number of nitro groups is 1. The SMILES string of the molecule is COc1ccc(C(=O)Nc2ccc(Cl)c([N+](=O)[O-])c2)cc1S(=O)(=O)NC1CCCC1. The largest absolute Gasteiger partial charge is 0.495 e. The Morgan fingerprint density at radius 1 is 1.20 bits per heavy atom. The van der Waals surface area contributed by atoms with E-state index < -0.39 is 20.9 Å². The number of amides is 1. The van der Waals surface area contributed by atoms with Gasteiger partial charge in [0.25, 0.3) is 11.6 Å².